The number of aliphatic carboxylic acids is 1. The molecule has 2 aromatic rings. The molecule has 12 heterocycles. The normalized spacial score (nSPS) is 26.4. The molecule has 12 aliphatic heterocycles. The molecule has 41 nitrogen and oxygen atoms in total. The van der Waals surface area contributed by atoms with E-state index < -0.39 is 43.3 Å². The Morgan fingerprint density at radius 1 is 0.516 bits per heavy atom. The van der Waals surface area contributed by atoms with Crippen LogP contribution in [0.4, 0.5) is 0 Å². The van der Waals surface area contributed by atoms with Gasteiger partial charge in [0.05, 0.1) is 88.0 Å². The van der Waals surface area contributed by atoms with E-state index in [9.17, 15) is 69.6 Å². The molecular formula is C82H137Cl2KN18O23S2. The number of likely N-dealkylation sites (tertiary alicyclic amines) is 8. The van der Waals surface area contributed by atoms with E-state index in [0.29, 0.717) is 88.6 Å². The van der Waals surface area contributed by atoms with Crippen LogP contribution in [0.1, 0.15) is 69.9 Å². The van der Waals surface area contributed by atoms with E-state index in [1.165, 1.54) is 50.5 Å². The number of likely N-dealkylation sites (N-methyl/N-ethyl adjacent to an activating group) is 8. The van der Waals surface area contributed by atoms with E-state index in [-0.39, 0.29) is 201 Å². The smallest absolute Gasteiger partial charge is 0.512 e. The van der Waals surface area contributed by atoms with E-state index in [1.54, 1.807) is 84.0 Å². The second kappa shape index (κ2) is 61.1. The molecule has 128 heavy (non-hydrogen) atoms. The molecule has 7 amide bonds. The minimum atomic E-state index is -3.82. The van der Waals surface area contributed by atoms with E-state index in [0.717, 1.165) is 110 Å². The predicted octanol–water partition coefficient (Wildman–Crippen LogP) is -5.68. The van der Waals surface area contributed by atoms with Gasteiger partial charge < -0.3 is 113 Å². The van der Waals surface area contributed by atoms with Gasteiger partial charge in [0, 0.05) is 117 Å². The number of ether oxygens (including phenoxy) is 3. The number of benzene rings is 2. The van der Waals surface area contributed by atoms with Gasteiger partial charge in [0.2, 0.25) is 47.4 Å². The van der Waals surface area contributed by atoms with Crippen LogP contribution in [0.3, 0.4) is 0 Å². The summed E-state index contributed by atoms with van der Waals surface area (Å²) in [6.07, 6.45) is 4.79. The van der Waals surface area contributed by atoms with Crippen molar-refractivity contribution in [1.29, 1.82) is 5.26 Å². The van der Waals surface area contributed by atoms with Gasteiger partial charge in [-0.2, -0.15) is 8.42 Å². The molecule has 2 aromatic carbocycles. The molecule has 14 rings (SSSR count). The second-order valence-electron chi connectivity index (χ2n) is 31.9. The zero-order valence-corrected chi connectivity index (χ0v) is 82.3. The van der Waals surface area contributed by atoms with Crippen LogP contribution in [-0.4, -0.2) is 412 Å². The number of fused-ring (bicyclic) bond motifs is 8. The molecule has 0 radical (unpaired) electrons. The number of carbonyl (C=O) groups excluding carboxylic acids is 10. The van der Waals surface area contributed by atoms with Gasteiger partial charge in [0.25, 0.3) is 19.2 Å². The molecule has 16 atom stereocenters. The molecule has 0 aliphatic carbocycles. The Morgan fingerprint density at radius 2 is 0.945 bits per heavy atom. The van der Waals surface area contributed by atoms with E-state index in [2.05, 4.69) is 61.8 Å². The number of hydrogen-bond donors (Lipinski definition) is 12. The van der Waals surface area contributed by atoms with Crippen LogP contribution in [0.2, 0.25) is 0 Å². The Balaban J connectivity index is 0.00000142. The second-order valence-corrected chi connectivity index (χ2v) is 36.0. The summed E-state index contributed by atoms with van der Waals surface area (Å²) in [7, 11) is 20.0. The average Bonchev–Trinajstić information content (AvgIpc) is 1.63. The van der Waals surface area contributed by atoms with Crippen molar-refractivity contribution in [3.63, 3.8) is 0 Å². The summed E-state index contributed by atoms with van der Waals surface area (Å²) in [5.74, 6) is 1.20. The van der Waals surface area contributed by atoms with Crippen molar-refractivity contribution >= 4 is 107 Å². The maximum Gasteiger partial charge on any atom is 1.00 e. The number of β-amino-alcohol motifs (C(OH)–C–C–N with tert-alkyl or cyclic N) is 1. The Kier molecular flexibility index (Phi) is 57.8. The summed E-state index contributed by atoms with van der Waals surface area (Å²) in [4.78, 5) is 143. The third-order valence-corrected chi connectivity index (χ3v) is 25.3. The Bertz CT molecular complexity index is 4120. The Labute approximate surface area is 807 Å². The van der Waals surface area contributed by atoms with Crippen LogP contribution >= 0.6 is 23.1 Å². The van der Waals surface area contributed by atoms with Crippen LogP contribution in [0, 0.1) is 61.8 Å². The van der Waals surface area contributed by atoms with Crippen molar-refractivity contribution in [2.24, 2.45) is 29.6 Å². The third-order valence-electron chi connectivity index (χ3n) is 22.6. The first kappa shape index (κ1) is 121. The number of nitrogens with one attached hydrogen (secondary N) is 8. The summed E-state index contributed by atoms with van der Waals surface area (Å²) in [5.41, 5.74) is 1.98. The van der Waals surface area contributed by atoms with Crippen molar-refractivity contribution in [3.8, 4) is 0 Å². The van der Waals surface area contributed by atoms with Crippen LogP contribution < -0.4 is 93.9 Å². The number of carboxylic acids is 1. The van der Waals surface area contributed by atoms with Crippen LogP contribution in [-0.2, 0) is 90.3 Å². The monoisotopic (exact) mass is 1910 g/mol. The van der Waals surface area contributed by atoms with Crippen molar-refractivity contribution in [1.82, 2.24) is 81.7 Å². The fourth-order valence-electron chi connectivity index (χ4n) is 16.3. The molecule has 12 fully saturated rings. The van der Waals surface area contributed by atoms with Crippen molar-refractivity contribution in [2.45, 2.75) is 149 Å². The summed E-state index contributed by atoms with van der Waals surface area (Å²) in [5, 5.41) is 61.6. The molecule has 46 heteroatoms. The van der Waals surface area contributed by atoms with Gasteiger partial charge in [0.1, 0.15) is 36.3 Å². The summed E-state index contributed by atoms with van der Waals surface area (Å²) < 4.78 is 64.9. The molecule has 12 N–H and O–H groups in total. The fourth-order valence-corrected chi connectivity index (χ4v) is 18.1. The zero-order chi connectivity index (χ0) is 94.3. The first-order valence-corrected chi connectivity index (χ1v) is 44.7. The largest absolute Gasteiger partial charge is 1.00 e. The number of carboxylic acid groups (broad SMARTS) is 1. The number of methoxy groups -OCH3 is 3. The number of hydrogen-bond acceptors (Lipinski definition) is 32. The topological polar surface area (TPSA) is 524 Å². The van der Waals surface area contributed by atoms with Crippen molar-refractivity contribution in [2.75, 3.05) is 204 Å². The molecule has 8 bridgehead atoms. The van der Waals surface area contributed by atoms with Gasteiger partial charge in [0.15, 0.2) is 0 Å². The summed E-state index contributed by atoms with van der Waals surface area (Å²) >= 11 is 0. The fraction of sp³-hybridized carbons (Fsp3) is 0.695. The van der Waals surface area contributed by atoms with Gasteiger partial charge in [-0.25, -0.2) is 19.8 Å². The number of amides is 7. The molecule has 0 unspecified atom stereocenters. The van der Waals surface area contributed by atoms with Crippen LogP contribution in [0.15, 0.2) is 58.3 Å². The number of nitrogens with zero attached hydrogens (tertiary/aromatic N) is 10. The molecule has 0 aromatic heterocycles. The zero-order valence-electron chi connectivity index (χ0n) is 75.9. The number of aliphatic hydroxyl groups is 3. The third kappa shape index (κ3) is 37.7. The number of aryl methyl sites for hydroxylation is 2. The molecule has 12 aliphatic rings. The predicted molar refractivity (Wildman–Crippen MR) is 473 cm³/mol. The number of carbonyl (C=O) groups is 11. The first-order valence-electron chi connectivity index (χ1n) is 41.0. The molecule has 0 spiro atoms. The number of esters is 3. The maximum atomic E-state index is 12.2. The minimum Gasteiger partial charge on any atom is -0.512 e. The number of halogens is 2. The van der Waals surface area contributed by atoms with Gasteiger partial charge in [-0.1, -0.05) is 42.8 Å². The standard InChI is InChI=1S/C14H19NO5S.C10H19N3O3.C10H17N3O2.C9H15N3O2.C8H12N2O2.C7H7ClO2S.C7H12N2O.C7H13NO3.C6H10N2O.CN.2CH4O.CH4.ClH.K/c1-10-4-6-12(7-5-10)21(17,18)20-11-8-13(14(16)19-3)15(2)9-11;1-11-4-7-3-8(10(15)16)13(6-7)9(14)5-12-2;1-11-4-9(14)13-6-7-3-8(13)10(15)12(2)5-7;1-10-4-8(13)12-5-6-2-7(12)9(14)11-3-6;1-9-6-4-7(8(11)12-3)10(2)5-6;1-6-2-4-7(5-3-6)11(8,9)10;1-9-4-5-2-6(9)7(10)8-3-5;1-8-4-5(9)3-6(8)7(10)11-2;9-6-5-1-4(2-7-5)3-8-6;3*1-2;;;/h4-7,11,13H,8-9H2,1-3H3;7-8,11-12H,3-6H2,1-2H3,(H,15,16);7-8,11H,3-6H2,1-2H3;6-7,10H,2-5H2,1H3,(H,11,14);6-7H,4-5H2,2-3H3;2-5H,1H3;5-6H,2-4H2,1H3,(H,8,10);5-6,9H,3-4H2,1-2H3;4-5,7H,1-3H2,(H,8,9);;2*2H,1H3;1H4;1H;/q;;;;;;;;;-1;;;;;+1/t11-,13-;2*7-,8+;6-,7+;6-,7-;;2*5-,6+;4-,5-;;;;;;/m01110.110....../s1. The number of rotatable bonds is 16. The quantitative estimate of drug-likeness (QED) is 0.0186. The van der Waals surface area contributed by atoms with E-state index in [4.69, 9.17) is 58.4 Å². The molecule has 720 valence electrons. The average molecular weight is 1920 g/mol. The Hall–Kier alpha value is -6.81. The van der Waals surface area contributed by atoms with Crippen molar-refractivity contribution in [3.05, 3.63) is 77.6 Å². The van der Waals surface area contributed by atoms with Gasteiger partial charge >= 0.3 is 75.3 Å². The number of aliphatic hydroxyl groups excluding tert-OH is 3. The number of piperidine rings is 4. The summed E-state index contributed by atoms with van der Waals surface area (Å²) in [6, 6.07) is 11.1. The molecule has 12 saturated heterocycles. The minimum absolute atomic E-state index is 0. The Morgan fingerprint density at radius 3 is 1.40 bits per heavy atom. The van der Waals surface area contributed by atoms with Crippen molar-refractivity contribution < 1.29 is 160 Å². The van der Waals surface area contributed by atoms with Gasteiger partial charge in [-0.15, -0.1) is 12.4 Å². The van der Waals surface area contributed by atoms with E-state index in [1.807, 2.05) is 46.9 Å². The SMILES string of the molecule is C.CN1C[C@H]2CNC(=O)[C@@H]1C2.CNCC(=O)N1C[C@@H](CNC)C[C@H]1C(=O)O.CNCC(=O)N1C[C@@H]2C[C@H]1C(=O)N(C)C2.CNCC(=O)N1C[C@H]2CNC(=O)[C@@H]1C2.CO.CO.COC(=O)[C@@H]1C[C@@H](O)CN1C.COC(=O)[C@@H]1C[C@H](OS(=O)(=O)c2ccc(C)cc2)CN1C.Cc1ccc(S(=O)(=O)Cl)cc1.Cl.O=C1NC[C@@H]2CN[C@H]1C2.[C-]#N.[C-]#[N+][C@H]1C[C@@H](C(=O)OC)N(C)C1.[K+]. The van der Waals surface area contributed by atoms with Gasteiger partial charge in [-0.05, 0) is 163 Å². The molecular weight excluding hydrogens is 1780 g/mol. The van der Waals surface area contributed by atoms with Crippen LogP contribution in [0.25, 0.3) is 4.85 Å². The summed E-state index contributed by atoms with van der Waals surface area (Å²) in [6.45, 7) is 25.9. The molecule has 0 saturated carbocycles. The first-order chi connectivity index (χ1) is 59.2. The van der Waals surface area contributed by atoms with Crippen LogP contribution in [0.5, 0.6) is 0 Å². The maximum absolute atomic E-state index is 12.2. The van der Waals surface area contributed by atoms with E-state index >= 15 is 0 Å². The van der Waals surface area contributed by atoms with Gasteiger partial charge in [-0.3, -0.25) is 71.7 Å².